The Hall–Kier alpha value is -2.24. The van der Waals surface area contributed by atoms with Crippen LogP contribution in [0.4, 0.5) is 0 Å². The molecule has 0 aliphatic rings. The smallest absolute Gasteiger partial charge is 0.0979 e. The van der Waals surface area contributed by atoms with E-state index in [-0.39, 0.29) is 0 Å². The number of thiophene rings is 2. The van der Waals surface area contributed by atoms with Crippen LogP contribution in [-0.2, 0) is 19.4 Å². The van der Waals surface area contributed by atoms with Crippen molar-refractivity contribution in [2.75, 3.05) is 0 Å². The summed E-state index contributed by atoms with van der Waals surface area (Å²) < 4.78 is 5.54. The SMILES string of the molecule is CCCCCCCCc1nc2c(C)ccc(-c3cc4c(s3)c3sc(C)cc3n4CCCCCCCC)c2nc1CCCCCCCC. The summed E-state index contributed by atoms with van der Waals surface area (Å²) in [6, 6.07) is 9.50. The molecule has 3 nitrogen and oxygen atoms in total. The summed E-state index contributed by atoms with van der Waals surface area (Å²) >= 11 is 3.93. The van der Waals surface area contributed by atoms with Crippen LogP contribution in [0, 0.1) is 13.8 Å². The van der Waals surface area contributed by atoms with Gasteiger partial charge in [-0.3, -0.25) is 0 Å². The van der Waals surface area contributed by atoms with E-state index in [1.165, 1.54) is 168 Å². The van der Waals surface area contributed by atoms with E-state index >= 15 is 0 Å². The zero-order valence-corrected chi connectivity index (χ0v) is 31.9. The number of rotatable bonds is 22. The topological polar surface area (TPSA) is 30.7 Å². The van der Waals surface area contributed by atoms with Gasteiger partial charge >= 0.3 is 0 Å². The molecule has 0 aliphatic heterocycles. The highest BCUT2D eigenvalue weighted by atomic mass is 32.1. The Kier molecular flexibility index (Phi) is 14.2. The highest BCUT2D eigenvalue weighted by Gasteiger charge is 2.20. The number of benzene rings is 1. The van der Waals surface area contributed by atoms with E-state index in [4.69, 9.17) is 9.97 Å². The first kappa shape index (κ1) is 36.1. The number of unbranched alkanes of at least 4 members (excludes halogenated alkanes) is 15. The third-order valence-electron chi connectivity index (χ3n) is 10.1. The van der Waals surface area contributed by atoms with Crippen molar-refractivity contribution in [3.63, 3.8) is 0 Å². The van der Waals surface area contributed by atoms with Crippen LogP contribution in [-0.4, -0.2) is 14.5 Å². The Morgan fingerprint density at radius 1 is 0.553 bits per heavy atom. The highest BCUT2D eigenvalue weighted by Crippen LogP contribution is 2.44. The molecule has 5 aromatic rings. The molecule has 0 spiro atoms. The zero-order valence-electron chi connectivity index (χ0n) is 30.3. The third-order valence-corrected chi connectivity index (χ3v) is 12.4. The van der Waals surface area contributed by atoms with Gasteiger partial charge in [0, 0.05) is 21.9 Å². The van der Waals surface area contributed by atoms with E-state index < -0.39 is 0 Å². The summed E-state index contributed by atoms with van der Waals surface area (Å²) in [5.41, 5.74) is 10.1. The summed E-state index contributed by atoms with van der Waals surface area (Å²) in [6.45, 7) is 12.5. The number of fused-ring (bicyclic) bond motifs is 4. The van der Waals surface area contributed by atoms with Gasteiger partial charge in [-0.15, -0.1) is 22.7 Å². The van der Waals surface area contributed by atoms with Crippen LogP contribution in [0.1, 0.15) is 158 Å². The number of aryl methyl sites for hydroxylation is 5. The van der Waals surface area contributed by atoms with Crippen LogP contribution in [0.2, 0.25) is 0 Å². The molecule has 5 rings (SSSR count). The first-order chi connectivity index (χ1) is 23.0. The van der Waals surface area contributed by atoms with Crippen molar-refractivity contribution in [1.29, 1.82) is 0 Å². The predicted octanol–water partition coefficient (Wildman–Crippen LogP) is 14.3. The van der Waals surface area contributed by atoms with Gasteiger partial charge in [-0.1, -0.05) is 129 Å². The minimum atomic E-state index is 1.05. The highest BCUT2D eigenvalue weighted by molar-refractivity contribution is 7.29. The van der Waals surface area contributed by atoms with E-state index in [1.54, 1.807) is 0 Å². The molecular weight excluding hydrogens is 611 g/mol. The number of nitrogens with zero attached hydrogens (tertiary/aromatic N) is 3. The lowest BCUT2D eigenvalue weighted by atomic mass is 10.0. The van der Waals surface area contributed by atoms with Gasteiger partial charge < -0.3 is 4.57 Å². The lowest BCUT2D eigenvalue weighted by Crippen LogP contribution is -2.05. The second-order valence-electron chi connectivity index (χ2n) is 14.1. The standard InChI is InChI=1S/C42H61N3S2/c1-6-9-12-15-18-21-24-34-35(25-22-19-16-13-10-7-2)44-40-33(27-26-31(4)39(40)43-34)38-30-37-42(47-38)41-36(29-32(5)46-41)45(37)28-23-20-17-14-11-8-3/h26-27,29-30H,6-25,28H2,1-5H3. The van der Waals surface area contributed by atoms with Gasteiger partial charge in [0.1, 0.15) is 0 Å². The summed E-state index contributed by atoms with van der Waals surface area (Å²) in [7, 11) is 0. The zero-order chi connectivity index (χ0) is 33.0. The normalized spacial score (nSPS) is 12.0. The second kappa shape index (κ2) is 18.5. The van der Waals surface area contributed by atoms with Crippen LogP contribution >= 0.6 is 22.7 Å². The molecule has 4 aromatic heterocycles. The average Bonchev–Trinajstić information content (AvgIpc) is 3.74. The van der Waals surface area contributed by atoms with Crippen molar-refractivity contribution in [2.45, 2.75) is 170 Å². The molecule has 1 aromatic carbocycles. The maximum atomic E-state index is 5.54. The summed E-state index contributed by atoms with van der Waals surface area (Å²) in [6.07, 6.45) is 25.9. The summed E-state index contributed by atoms with van der Waals surface area (Å²) in [4.78, 5) is 13.7. The lowest BCUT2D eigenvalue weighted by molar-refractivity contribution is 0.571. The molecule has 0 aliphatic carbocycles. The molecular formula is C42H61N3S2. The lowest BCUT2D eigenvalue weighted by Gasteiger charge is -2.14. The number of hydrogen-bond acceptors (Lipinski definition) is 4. The molecule has 256 valence electrons. The molecule has 0 saturated carbocycles. The maximum Gasteiger partial charge on any atom is 0.0979 e. The molecule has 0 bridgehead atoms. The molecule has 0 unspecified atom stereocenters. The van der Waals surface area contributed by atoms with Crippen molar-refractivity contribution in [3.8, 4) is 10.4 Å². The Balaban J connectivity index is 1.46. The molecule has 5 heteroatoms. The molecule has 0 amide bonds. The van der Waals surface area contributed by atoms with Crippen molar-refractivity contribution in [3.05, 3.63) is 46.1 Å². The molecule has 0 fully saturated rings. The fraction of sp³-hybridized carbons (Fsp3) is 0.619. The van der Waals surface area contributed by atoms with E-state index in [2.05, 4.69) is 63.5 Å². The van der Waals surface area contributed by atoms with Crippen molar-refractivity contribution in [1.82, 2.24) is 14.5 Å². The average molecular weight is 672 g/mol. The number of hydrogen-bond donors (Lipinski definition) is 0. The van der Waals surface area contributed by atoms with Crippen LogP contribution in [0.15, 0.2) is 24.3 Å². The predicted molar refractivity (Wildman–Crippen MR) is 211 cm³/mol. The molecule has 0 radical (unpaired) electrons. The summed E-state index contributed by atoms with van der Waals surface area (Å²) in [5.74, 6) is 0. The molecule has 0 atom stereocenters. The maximum absolute atomic E-state index is 5.54. The van der Waals surface area contributed by atoms with Crippen molar-refractivity contribution < 1.29 is 0 Å². The minimum Gasteiger partial charge on any atom is -0.339 e. The van der Waals surface area contributed by atoms with Crippen LogP contribution in [0.5, 0.6) is 0 Å². The summed E-state index contributed by atoms with van der Waals surface area (Å²) in [5, 5.41) is 0. The monoisotopic (exact) mass is 671 g/mol. The minimum absolute atomic E-state index is 1.05. The van der Waals surface area contributed by atoms with E-state index in [1.807, 2.05) is 22.7 Å². The molecule has 47 heavy (non-hydrogen) atoms. The first-order valence-corrected chi connectivity index (χ1v) is 21.0. The van der Waals surface area contributed by atoms with Gasteiger partial charge in [-0.25, -0.2) is 9.97 Å². The first-order valence-electron chi connectivity index (χ1n) is 19.4. The van der Waals surface area contributed by atoms with Gasteiger partial charge in [-0.05, 0) is 63.6 Å². The molecule has 0 N–H and O–H groups in total. The van der Waals surface area contributed by atoms with Crippen LogP contribution in [0.3, 0.4) is 0 Å². The Labute approximate surface area is 293 Å². The Morgan fingerprint density at radius 2 is 1.06 bits per heavy atom. The van der Waals surface area contributed by atoms with Crippen LogP contribution in [0.25, 0.3) is 41.9 Å². The molecule has 0 saturated heterocycles. The van der Waals surface area contributed by atoms with Crippen molar-refractivity contribution in [2.24, 2.45) is 0 Å². The van der Waals surface area contributed by atoms with E-state index in [0.717, 1.165) is 30.4 Å². The van der Waals surface area contributed by atoms with Gasteiger partial charge in [0.05, 0.1) is 42.9 Å². The fourth-order valence-corrected chi connectivity index (χ4v) is 9.59. The Morgan fingerprint density at radius 3 is 1.68 bits per heavy atom. The third kappa shape index (κ3) is 9.26. The van der Waals surface area contributed by atoms with E-state index in [0.29, 0.717) is 0 Å². The quantitative estimate of drug-likeness (QED) is 0.0686. The second-order valence-corrected chi connectivity index (χ2v) is 16.4. The number of aromatic nitrogens is 3. The van der Waals surface area contributed by atoms with Gasteiger partial charge in [0.15, 0.2) is 0 Å². The Bertz CT molecular complexity index is 1690. The largest absolute Gasteiger partial charge is 0.339 e. The van der Waals surface area contributed by atoms with Crippen LogP contribution < -0.4 is 0 Å². The fourth-order valence-electron chi connectivity index (χ4n) is 7.24. The van der Waals surface area contributed by atoms with Gasteiger partial charge in [0.2, 0.25) is 0 Å². The van der Waals surface area contributed by atoms with Gasteiger partial charge in [0.25, 0.3) is 0 Å². The van der Waals surface area contributed by atoms with E-state index in [9.17, 15) is 0 Å². The van der Waals surface area contributed by atoms with Gasteiger partial charge in [-0.2, -0.15) is 0 Å². The van der Waals surface area contributed by atoms with Crippen molar-refractivity contribution >= 4 is 54.1 Å². The molecule has 4 heterocycles.